The minimum absolute atomic E-state index is 0.0154. The molecular weight excluding hydrogens is 190 g/mol. The first-order chi connectivity index (χ1) is 6.97. The molecule has 0 radical (unpaired) electrons. The number of likely N-dealkylation sites (N-methyl/N-ethyl adjacent to an activating group) is 1. The largest absolute Gasteiger partial charge is 0.390 e. The van der Waals surface area contributed by atoms with Crippen molar-refractivity contribution >= 4 is 5.91 Å². The molecule has 0 saturated carbocycles. The maximum Gasteiger partial charge on any atom is 0.241 e. The molecule has 0 aromatic carbocycles. The van der Waals surface area contributed by atoms with Crippen LogP contribution in [0.3, 0.4) is 0 Å². The summed E-state index contributed by atoms with van der Waals surface area (Å²) >= 11 is 0. The summed E-state index contributed by atoms with van der Waals surface area (Å²) in [7, 11) is 3.86. The SMILES string of the molecule is CN/C(C)=C1\CN(C)[C@@H](C(C)C)C(=O)N1. The minimum Gasteiger partial charge on any atom is -0.390 e. The van der Waals surface area contributed by atoms with E-state index in [4.69, 9.17) is 0 Å². The van der Waals surface area contributed by atoms with Crippen molar-refractivity contribution in [2.45, 2.75) is 26.8 Å². The van der Waals surface area contributed by atoms with Crippen molar-refractivity contribution in [3.05, 3.63) is 11.4 Å². The first-order valence-corrected chi connectivity index (χ1v) is 5.36. The zero-order chi connectivity index (χ0) is 11.6. The van der Waals surface area contributed by atoms with Gasteiger partial charge in [0.25, 0.3) is 0 Å². The average Bonchev–Trinajstić information content (AvgIpc) is 2.14. The Morgan fingerprint density at radius 1 is 1.60 bits per heavy atom. The van der Waals surface area contributed by atoms with E-state index in [0.717, 1.165) is 17.9 Å². The molecule has 0 unspecified atom stereocenters. The van der Waals surface area contributed by atoms with Crippen molar-refractivity contribution in [3.8, 4) is 0 Å². The first-order valence-electron chi connectivity index (χ1n) is 5.36. The Bertz CT molecular complexity index is 284. The lowest BCUT2D eigenvalue weighted by molar-refractivity contribution is -0.128. The van der Waals surface area contributed by atoms with Gasteiger partial charge in [-0.2, -0.15) is 0 Å². The fourth-order valence-corrected chi connectivity index (χ4v) is 1.99. The Balaban J connectivity index is 2.84. The van der Waals surface area contributed by atoms with E-state index in [1.54, 1.807) is 0 Å². The van der Waals surface area contributed by atoms with Gasteiger partial charge in [-0.05, 0) is 19.9 Å². The highest BCUT2D eigenvalue weighted by Gasteiger charge is 2.32. The Morgan fingerprint density at radius 2 is 2.20 bits per heavy atom. The zero-order valence-corrected chi connectivity index (χ0v) is 10.2. The van der Waals surface area contributed by atoms with E-state index >= 15 is 0 Å². The van der Waals surface area contributed by atoms with Gasteiger partial charge in [-0.1, -0.05) is 13.8 Å². The lowest BCUT2D eigenvalue weighted by atomic mass is 9.99. The normalized spacial score (nSPS) is 26.5. The van der Waals surface area contributed by atoms with Crippen molar-refractivity contribution in [2.24, 2.45) is 5.92 Å². The van der Waals surface area contributed by atoms with Gasteiger partial charge in [0.2, 0.25) is 5.91 Å². The minimum atomic E-state index is -0.0154. The molecule has 1 saturated heterocycles. The number of piperazine rings is 1. The van der Waals surface area contributed by atoms with Crippen LogP contribution in [0.5, 0.6) is 0 Å². The van der Waals surface area contributed by atoms with Gasteiger partial charge in [0.05, 0.1) is 11.7 Å². The highest BCUT2D eigenvalue weighted by molar-refractivity contribution is 5.84. The quantitative estimate of drug-likeness (QED) is 0.700. The fourth-order valence-electron chi connectivity index (χ4n) is 1.99. The van der Waals surface area contributed by atoms with E-state index in [1.807, 2.05) is 21.0 Å². The topological polar surface area (TPSA) is 44.4 Å². The fraction of sp³-hybridized carbons (Fsp3) is 0.727. The maximum atomic E-state index is 11.9. The summed E-state index contributed by atoms with van der Waals surface area (Å²) in [5, 5.41) is 6.02. The summed E-state index contributed by atoms with van der Waals surface area (Å²) in [6, 6.07) is -0.0154. The van der Waals surface area contributed by atoms with E-state index in [2.05, 4.69) is 29.4 Å². The molecule has 0 aromatic heterocycles. The molecule has 1 amide bonds. The average molecular weight is 211 g/mol. The van der Waals surface area contributed by atoms with Crippen molar-refractivity contribution < 1.29 is 4.79 Å². The number of carbonyl (C=O) groups is 1. The lowest BCUT2D eigenvalue weighted by Gasteiger charge is -2.36. The van der Waals surface area contributed by atoms with Gasteiger partial charge in [0.1, 0.15) is 0 Å². The van der Waals surface area contributed by atoms with E-state index in [1.165, 1.54) is 0 Å². The smallest absolute Gasteiger partial charge is 0.241 e. The van der Waals surface area contributed by atoms with E-state index in [-0.39, 0.29) is 11.9 Å². The number of nitrogens with zero attached hydrogens (tertiary/aromatic N) is 1. The summed E-state index contributed by atoms with van der Waals surface area (Å²) in [4.78, 5) is 14.0. The van der Waals surface area contributed by atoms with Crippen LogP contribution in [-0.2, 0) is 4.79 Å². The Kier molecular flexibility index (Phi) is 3.74. The number of carbonyl (C=O) groups excluding carboxylic acids is 1. The molecule has 1 rings (SSSR count). The molecule has 1 aliphatic heterocycles. The predicted molar refractivity (Wildman–Crippen MR) is 61.2 cm³/mol. The van der Waals surface area contributed by atoms with Crippen LogP contribution in [-0.4, -0.2) is 37.5 Å². The Morgan fingerprint density at radius 3 is 2.60 bits per heavy atom. The van der Waals surface area contributed by atoms with Crippen LogP contribution in [0.4, 0.5) is 0 Å². The highest BCUT2D eigenvalue weighted by atomic mass is 16.2. The molecule has 2 N–H and O–H groups in total. The van der Waals surface area contributed by atoms with Gasteiger partial charge >= 0.3 is 0 Å². The molecule has 0 aliphatic carbocycles. The molecule has 4 nitrogen and oxygen atoms in total. The van der Waals surface area contributed by atoms with Crippen LogP contribution >= 0.6 is 0 Å². The highest BCUT2D eigenvalue weighted by Crippen LogP contribution is 2.16. The van der Waals surface area contributed by atoms with Gasteiger partial charge in [0.15, 0.2) is 0 Å². The van der Waals surface area contributed by atoms with Crippen LogP contribution in [0.25, 0.3) is 0 Å². The number of amides is 1. The molecule has 1 atom stereocenters. The summed E-state index contributed by atoms with van der Waals surface area (Å²) in [5.41, 5.74) is 2.00. The molecule has 4 heteroatoms. The predicted octanol–water partition coefficient (Wildman–Crippen LogP) is 0.523. The van der Waals surface area contributed by atoms with Crippen LogP contribution in [0.1, 0.15) is 20.8 Å². The zero-order valence-electron chi connectivity index (χ0n) is 10.2. The van der Waals surface area contributed by atoms with Gasteiger partial charge in [0, 0.05) is 19.3 Å². The second kappa shape index (κ2) is 4.66. The summed E-state index contributed by atoms with van der Waals surface area (Å²) in [5.74, 6) is 0.440. The molecule has 1 fully saturated rings. The molecule has 1 heterocycles. The van der Waals surface area contributed by atoms with Crippen LogP contribution in [0, 0.1) is 5.92 Å². The number of hydrogen-bond acceptors (Lipinski definition) is 3. The molecule has 0 spiro atoms. The molecule has 0 bridgehead atoms. The molecule has 1 aliphatic rings. The molecule has 0 aromatic rings. The summed E-state index contributed by atoms with van der Waals surface area (Å²) in [6.45, 7) is 6.90. The third-order valence-electron chi connectivity index (χ3n) is 2.88. The lowest BCUT2D eigenvalue weighted by Crippen LogP contribution is -2.55. The van der Waals surface area contributed by atoms with Crippen LogP contribution < -0.4 is 10.6 Å². The monoisotopic (exact) mass is 211 g/mol. The summed E-state index contributed by atoms with van der Waals surface area (Å²) < 4.78 is 0. The molecular formula is C11H21N3O. The van der Waals surface area contributed by atoms with Crippen LogP contribution in [0.15, 0.2) is 11.4 Å². The molecule has 86 valence electrons. The third kappa shape index (κ3) is 2.50. The second-order valence-corrected chi connectivity index (χ2v) is 4.45. The maximum absolute atomic E-state index is 11.9. The number of allylic oxidation sites excluding steroid dienone is 1. The third-order valence-corrected chi connectivity index (χ3v) is 2.88. The van der Waals surface area contributed by atoms with Gasteiger partial charge in [-0.15, -0.1) is 0 Å². The summed E-state index contributed by atoms with van der Waals surface area (Å²) in [6.07, 6.45) is 0. The Labute approximate surface area is 91.7 Å². The number of hydrogen-bond donors (Lipinski definition) is 2. The Hall–Kier alpha value is -1.03. The van der Waals surface area contributed by atoms with Crippen molar-refractivity contribution in [2.75, 3.05) is 20.6 Å². The first kappa shape index (κ1) is 12.0. The van der Waals surface area contributed by atoms with Crippen molar-refractivity contribution in [3.63, 3.8) is 0 Å². The number of rotatable bonds is 2. The van der Waals surface area contributed by atoms with E-state index in [9.17, 15) is 4.79 Å². The van der Waals surface area contributed by atoms with E-state index < -0.39 is 0 Å². The van der Waals surface area contributed by atoms with Gasteiger partial charge in [-0.3, -0.25) is 9.69 Å². The number of nitrogens with one attached hydrogen (secondary N) is 2. The van der Waals surface area contributed by atoms with Crippen molar-refractivity contribution in [1.29, 1.82) is 0 Å². The second-order valence-electron chi connectivity index (χ2n) is 4.45. The van der Waals surface area contributed by atoms with Gasteiger partial charge in [-0.25, -0.2) is 0 Å². The van der Waals surface area contributed by atoms with Gasteiger partial charge < -0.3 is 10.6 Å². The standard InChI is InChI=1S/C11H21N3O/c1-7(2)10-11(15)13-9(6-14(10)5)8(3)12-4/h7,10,12H,6H2,1-5H3,(H,13,15)/b9-8+/t10-/m0/s1. The molecule has 15 heavy (non-hydrogen) atoms. The van der Waals surface area contributed by atoms with E-state index in [0.29, 0.717) is 5.92 Å². The van der Waals surface area contributed by atoms with Crippen molar-refractivity contribution in [1.82, 2.24) is 15.5 Å². The van der Waals surface area contributed by atoms with Crippen LogP contribution in [0.2, 0.25) is 0 Å².